The van der Waals surface area contributed by atoms with E-state index >= 15 is 0 Å². The Balaban J connectivity index is 1.02. The Morgan fingerprint density at radius 2 is 0.667 bits per heavy atom. The van der Waals surface area contributed by atoms with Crippen LogP contribution in [0, 0.1) is 0 Å². The maximum atomic E-state index is 2.40. The van der Waals surface area contributed by atoms with Gasteiger partial charge in [0.2, 0.25) is 0 Å². The summed E-state index contributed by atoms with van der Waals surface area (Å²) in [6, 6.07) is 94.6. The molecule has 1 heteroatoms. The minimum absolute atomic E-state index is 1.08. The van der Waals surface area contributed by atoms with Crippen LogP contribution in [0.4, 0.5) is 17.1 Å². The fraction of sp³-hybridized carbons (Fsp3) is 0. The monoisotopic (exact) mass is 801 g/mol. The van der Waals surface area contributed by atoms with Crippen molar-refractivity contribution >= 4 is 38.6 Å². The largest absolute Gasteiger partial charge is 0.310 e. The summed E-state index contributed by atoms with van der Waals surface area (Å²) in [7, 11) is 0. The summed E-state index contributed by atoms with van der Waals surface area (Å²) < 4.78 is 0. The molecule has 0 aliphatic rings. The number of rotatable bonds is 9. The van der Waals surface area contributed by atoms with E-state index in [1.807, 2.05) is 0 Å². The molecule has 0 amide bonds. The predicted octanol–water partition coefficient (Wildman–Crippen LogP) is 17.5. The normalized spacial score (nSPS) is 11.2. The molecule has 0 heterocycles. The number of anilines is 3. The highest BCUT2D eigenvalue weighted by molar-refractivity contribution is 6.04. The highest BCUT2D eigenvalue weighted by Gasteiger charge is 2.19. The third-order valence-electron chi connectivity index (χ3n) is 12.3. The molecule has 0 N–H and O–H groups in total. The molecule has 0 spiro atoms. The van der Waals surface area contributed by atoms with Crippen molar-refractivity contribution in [2.75, 3.05) is 4.90 Å². The fourth-order valence-corrected chi connectivity index (χ4v) is 9.18. The lowest BCUT2D eigenvalue weighted by Gasteiger charge is -2.28. The van der Waals surface area contributed by atoms with Crippen LogP contribution < -0.4 is 4.90 Å². The third-order valence-corrected chi connectivity index (χ3v) is 12.3. The van der Waals surface area contributed by atoms with Gasteiger partial charge in [-0.15, -0.1) is 0 Å². The van der Waals surface area contributed by atoms with Gasteiger partial charge in [-0.1, -0.05) is 224 Å². The van der Waals surface area contributed by atoms with E-state index in [1.54, 1.807) is 0 Å². The topological polar surface area (TPSA) is 3.24 Å². The predicted molar refractivity (Wildman–Crippen MR) is 269 cm³/mol. The maximum Gasteiger partial charge on any atom is 0.0540 e. The Labute approximate surface area is 369 Å². The van der Waals surface area contributed by atoms with Gasteiger partial charge in [0.25, 0.3) is 0 Å². The van der Waals surface area contributed by atoms with Crippen LogP contribution in [0.5, 0.6) is 0 Å². The van der Waals surface area contributed by atoms with Crippen LogP contribution in [0.15, 0.2) is 261 Å². The van der Waals surface area contributed by atoms with Gasteiger partial charge in [-0.05, 0) is 119 Å². The van der Waals surface area contributed by atoms with E-state index < -0.39 is 0 Å². The molecule has 63 heavy (non-hydrogen) atoms. The van der Waals surface area contributed by atoms with E-state index in [0.717, 1.165) is 28.2 Å². The number of nitrogens with zero attached hydrogens (tertiary/aromatic N) is 1. The van der Waals surface area contributed by atoms with Crippen molar-refractivity contribution in [1.29, 1.82) is 0 Å². The molecule has 0 bridgehead atoms. The average Bonchev–Trinajstić information content (AvgIpc) is 3.37. The van der Waals surface area contributed by atoms with Crippen molar-refractivity contribution in [3.05, 3.63) is 261 Å². The number of hydrogen-bond acceptors (Lipinski definition) is 1. The van der Waals surface area contributed by atoms with Gasteiger partial charge in [-0.3, -0.25) is 0 Å². The number of benzene rings is 11. The molecule has 11 aromatic rings. The van der Waals surface area contributed by atoms with E-state index in [4.69, 9.17) is 0 Å². The highest BCUT2D eigenvalue weighted by atomic mass is 15.1. The lowest BCUT2D eigenvalue weighted by atomic mass is 9.89. The van der Waals surface area contributed by atoms with Gasteiger partial charge in [0.05, 0.1) is 5.69 Å². The summed E-state index contributed by atoms with van der Waals surface area (Å²) in [5.41, 5.74) is 17.7. The standard InChI is InChI=1S/C62H43N/c1-3-15-44(16-4-1)45-29-31-50(32-30-45)58-25-11-12-28-61(58)63(54-38-33-46(34-39-54)52-22-13-23-53(43-52)57-27-14-21-47-19-7-9-24-56(47)57)55-40-35-51(36-41-55)62-59-26-10-8-20-49(59)37-42-60(62)48-17-5-2-6-18-48/h1-43H. The van der Waals surface area contributed by atoms with Crippen molar-refractivity contribution in [2.24, 2.45) is 0 Å². The molecule has 0 fully saturated rings. The second kappa shape index (κ2) is 16.7. The van der Waals surface area contributed by atoms with Crippen molar-refractivity contribution in [3.8, 4) is 66.8 Å². The lowest BCUT2D eigenvalue weighted by molar-refractivity contribution is 1.28. The van der Waals surface area contributed by atoms with Crippen LogP contribution in [0.1, 0.15) is 0 Å². The van der Waals surface area contributed by atoms with E-state index in [2.05, 4.69) is 266 Å². The SMILES string of the molecule is c1ccc(-c2ccc(-c3ccccc3N(c3ccc(-c4cccc(-c5cccc6ccccc56)c4)cc3)c3ccc(-c4c(-c5ccccc5)ccc5ccccc45)cc3)cc2)cc1. The minimum atomic E-state index is 1.08. The van der Waals surface area contributed by atoms with Crippen molar-refractivity contribution in [2.45, 2.75) is 0 Å². The van der Waals surface area contributed by atoms with Crippen molar-refractivity contribution in [3.63, 3.8) is 0 Å². The maximum absolute atomic E-state index is 2.40. The molecule has 1 nitrogen and oxygen atoms in total. The highest BCUT2D eigenvalue weighted by Crippen LogP contribution is 2.44. The molecule has 0 aromatic heterocycles. The molecule has 0 saturated heterocycles. The van der Waals surface area contributed by atoms with Crippen LogP contribution in [0.25, 0.3) is 88.3 Å². The molecule has 0 atom stereocenters. The Hall–Kier alpha value is -8.26. The van der Waals surface area contributed by atoms with E-state index in [9.17, 15) is 0 Å². The number of fused-ring (bicyclic) bond motifs is 2. The van der Waals surface area contributed by atoms with Gasteiger partial charge in [0.15, 0.2) is 0 Å². The quantitative estimate of drug-likeness (QED) is 0.141. The van der Waals surface area contributed by atoms with Gasteiger partial charge in [0.1, 0.15) is 0 Å². The zero-order valence-corrected chi connectivity index (χ0v) is 34.8. The van der Waals surface area contributed by atoms with Gasteiger partial charge in [-0.25, -0.2) is 0 Å². The molecular weight excluding hydrogens is 759 g/mol. The number of para-hydroxylation sites is 1. The van der Waals surface area contributed by atoms with Gasteiger partial charge < -0.3 is 4.90 Å². The van der Waals surface area contributed by atoms with Gasteiger partial charge >= 0.3 is 0 Å². The van der Waals surface area contributed by atoms with Crippen LogP contribution >= 0.6 is 0 Å². The fourth-order valence-electron chi connectivity index (χ4n) is 9.18. The molecule has 11 aromatic carbocycles. The van der Waals surface area contributed by atoms with E-state index in [0.29, 0.717) is 0 Å². The molecule has 0 aliphatic carbocycles. The zero-order valence-electron chi connectivity index (χ0n) is 34.8. The summed E-state index contributed by atoms with van der Waals surface area (Å²) in [4.78, 5) is 2.40. The van der Waals surface area contributed by atoms with Gasteiger partial charge in [-0.2, -0.15) is 0 Å². The first-order valence-electron chi connectivity index (χ1n) is 21.7. The first-order valence-corrected chi connectivity index (χ1v) is 21.7. The Morgan fingerprint density at radius 3 is 1.40 bits per heavy atom. The third kappa shape index (κ3) is 7.37. The van der Waals surface area contributed by atoms with Crippen molar-refractivity contribution in [1.82, 2.24) is 0 Å². The summed E-state index contributed by atoms with van der Waals surface area (Å²) in [5.74, 6) is 0. The number of hydrogen-bond donors (Lipinski definition) is 0. The average molecular weight is 802 g/mol. The second-order valence-electron chi connectivity index (χ2n) is 16.1. The van der Waals surface area contributed by atoms with Crippen molar-refractivity contribution < 1.29 is 0 Å². The molecule has 0 aliphatic heterocycles. The smallest absolute Gasteiger partial charge is 0.0540 e. The van der Waals surface area contributed by atoms with Crippen LogP contribution in [-0.2, 0) is 0 Å². The molecule has 0 saturated carbocycles. The summed E-state index contributed by atoms with van der Waals surface area (Å²) >= 11 is 0. The first-order chi connectivity index (χ1) is 31.2. The van der Waals surface area contributed by atoms with E-state index in [-0.39, 0.29) is 0 Å². The van der Waals surface area contributed by atoms with Crippen LogP contribution in [0.2, 0.25) is 0 Å². The Morgan fingerprint density at radius 1 is 0.222 bits per heavy atom. The lowest BCUT2D eigenvalue weighted by Crippen LogP contribution is -2.11. The summed E-state index contributed by atoms with van der Waals surface area (Å²) in [6.45, 7) is 0. The van der Waals surface area contributed by atoms with Crippen LogP contribution in [0.3, 0.4) is 0 Å². The van der Waals surface area contributed by atoms with E-state index in [1.165, 1.54) is 77.2 Å². The Bertz CT molecular complexity index is 3340. The minimum Gasteiger partial charge on any atom is -0.310 e. The Kier molecular flexibility index (Phi) is 9.97. The first kappa shape index (κ1) is 37.7. The molecule has 0 radical (unpaired) electrons. The molecule has 0 unspecified atom stereocenters. The summed E-state index contributed by atoms with van der Waals surface area (Å²) in [6.07, 6.45) is 0. The van der Waals surface area contributed by atoms with Gasteiger partial charge in [0, 0.05) is 16.9 Å². The molecule has 296 valence electrons. The summed E-state index contributed by atoms with van der Waals surface area (Å²) in [5, 5.41) is 4.99. The molecule has 11 rings (SSSR count). The molecular formula is C62H43N. The zero-order chi connectivity index (χ0) is 42.0. The second-order valence-corrected chi connectivity index (χ2v) is 16.1. The van der Waals surface area contributed by atoms with Crippen LogP contribution in [-0.4, -0.2) is 0 Å².